The molecule has 0 spiro atoms. The lowest BCUT2D eigenvalue weighted by atomic mass is 9.81. The van der Waals surface area contributed by atoms with Gasteiger partial charge in [0.1, 0.15) is 5.75 Å². The highest BCUT2D eigenvalue weighted by molar-refractivity contribution is 7.99. The van der Waals surface area contributed by atoms with Crippen molar-refractivity contribution in [3.05, 3.63) is 23.8 Å². The van der Waals surface area contributed by atoms with E-state index < -0.39 is 0 Å². The predicted molar refractivity (Wildman–Crippen MR) is 76.7 cm³/mol. The predicted octanol–water partition coefficient (Wildman–Crippen LogP) is 3.23. The van der Waals surface area contributed by atoms with Gasteiger partial charge in [0.2, 0.25) is 0 Å². The van der Waals surface area contributed by atoms with Gasteiger partial charge in [-0.25, -0.2) is 0 Å². The Hall–Kier alpha value is -0.670. The van der Waals surface area contributed by atoms with Crippen LogP contribution in [0.2, 0.25) is 0 Å². The number of fused-ring (bicyclic) bond motifs is 1. The van der Waals surface area contributed by atoms with E-state index in [1.807, 2.05) is 11.8 Å². The zero-order valence-corrected chi connectivity index (χ0v) is 12.0. The quantitative estimate of drug-likeness (QED) is 0.813. The fourth-order valence-corrected chi connectivity index (χ4v) is 4.56. The van der Waals surface area contributed by atoms with Gasteiger partial charge in [-0.1, -0.05) is 6.07 Å². The van der Waals surface area contributed by atoms with Crippen molar-refractivity contribution in [1.29, 1.82) is 0 Å². The first-order valence-electron chi connectivity index (χ1n) is 6.77. The lowest BCUT2D eigenvalue weighted by Gasteiger charge is -2.32. The molecule has 0 saturated carbocycles. The molecule has 0 radical (unpaired) electrons. The third-order valence-corrected chi connectivity index (χ3v) is 5.56. The van der Waals surface area contributed by atoms with E-state index in [0.717, 1.165) is 17.6 Å². The number of thioether (sulfide) groups is 1. The van der Waals surface area contributed by atoms with Crippen LogP contribution < -0.4 is 4.74 Å². The zero-order valence-electron chi connectivity index (χ0n) is 11.2. The summed E-state index contributed by atoms with van der Waals surface area (Å²) in [6, 6.07) is 6.61. The van der Waals surface area contributed by atoms with Crippen LogP contribution in [0.1, 0.15) is 24.3 Å². The first-order valence-corrected chi connectivity index (χ1v) is 7.76. The number of rotatable bonds is 2. The third-order valence-electron chi connectivity index (χ3n) is 4.37. The largest absolute Gasteiger partial charge is 0.497 e. The van der Waals surface area contributed by atoms with Gasteiger partial charge in [0.25, 0.3) is 0 Å². The van der Waals surface area contributed by atoms with Crippen molar-refractivity contribution in [1.82, 2.24) is 4.90 Å². The molecule has 0 bridgehead atoms. The van der Waals surface area contributed by atoms with Crippen molar-refractivity contribution < 1.29 is 4.74 Å². The minimum atomic E-state index is 0.768. The van der Waals surface area contributed by atoms with Gasteiger partial charge in [0.15, 0.2) is 0 Å². The number of nitrogens with zero attached hydrogens (tertiary/aromatic N) is 1. The van der Waals surface area contributed by atoms with E-state index in [4.69, 9.17) is 4.74 Å². The molecule has 0 aliphatic carbocycles. The van der Waals surface area contributed by atoms with Gasteiger partial charge in [0.05, 0.1) is 7.11 Å². The van der Waals surface area contributed by atoms with Gasteiger partial charge < -0.3 is 9.64 Å². The molecule has 3 heteroatoms. The summed E-state index contributed by atoms with van der Waals surface area (Å²) >= 11 is 2.01. The summed E-state index contributed by atoms with van der Waals surface area (Å²) in [4.78, 5) is 3.89. The van der Waals surface area contributed by atoms with Crippen molar-refractivity contribution in [3.8, 4) is 5.75 Å². The van der Waals surface area contributed by atoms with Crippen LogP contribution in [-0.4, -0.2) is 37.9 Å². The normalized spacial score (nSPS) is 25.1. The molecular weight excluding hydrogens is 242 g/mol. The average Bonchev–Trinajstić information content (AvgIpc) is 2.82. The second-order valence-corrected chi connectivity index (χ2v) is 6.52. The van der Waals surface area contributed by atoms with Crippen LogP contribution in [0, 0.1) is 5.92 Å². The molecule has 0 N–H and O–H groups in total. The highest BCUT2D eigenvalue weighted by Crippen LogP contribution is 2.47. The van der Waals surface area contributed by atoms with Crippen molar-refractivity contribution in [2.24, 2.45) is 5.92 Å². The Morgan fingerprint density at radius 2 is 2.06 bits per heavy atom. The second-order valence-electron chi connectivity index (χ2n) is 5.46. The monoisotopic (exact) mass is 263 g/mol. The summed E-state index contributed by atoms with van der Waals surface area (Å²) in [6.45, 7) is 2.52. The topological polar surface area (TPSA) is 12.5 Å². The molecule has 1 aromatic carbocycles. The third kappa shape index (κ3) is 2.26. The maximum atomic E-state index is 5.31. The Morgan fingerprint density at radius 3 is 2.78 bits per heavy atom. The van der Waals surface area contributed by atoms with Crippen LogP contribution in [0.3, 0.4) is 0 Å². The smallest absolute Gasteiger partial charge is 0.119 e. The Morgan fingerprint density at radius 1 is 1.28 bits per heavy atom. The van der Waals surface area contributed by atoms with Crippen LogP contribution in [0.15, 0.2) is 23.1 Å². The van der Waals surface area contributed by atoms with Gasteiger partial charge >= 0.3 is 0 Å². The molecular formula is C15H21NOS. The average molecular weight is 263 g/mol. The lowest BCUT2D eigenvalue weighted by Crippen LogP contribution is -2.32. The SMILES string of the molecule is COc1ccc2c(c1)SCC2C1CCN(C)CC1. The van der Waals surface area contributed by atoms with Crippen molar-refractivity contribution in [2.75, 3.05) is 33.0 Å². The number of likely N-dealkylation sites (tertiary alicyclic amines) is 1. The van der Waals surface area contributed by atoms with Crippen molar-refractivity contribution >= 4 is 11.8 Å². The summed E-state index contributed by atoms with van der Waals surface area (Å²) in [6.07, 6.45) is 2.71. The summed E-state index contributed by atoms with van der Waals surface area (Å²) < 4.78 is 5.31. The van der Waals surface area contributed by atoms with Crippen LogP contribution >= 0.6 is 11.8 Å². The minimum Gasteiger partial charge on any atom is -0.497 e. The summed E-state index contributed by atoms with van der Waals surface area (Å²) in [5.41, 5.74) is 1.57. The number of hydrogen-bond donors (Lipinski definition) is 0. The Balaban J connectivity index is 1.78. The van der Waals surface area contributed by atoms with E-state index in [-0.39, 0.29) is 0 Å². The van der Waals surface area contributed by atoms with E-state index in [2.05, 4.69) is 30.1 Å². The molecule has 0 amide bonds. The molecule has 1 saturated heterocycles. The molecule has 1 aromatic rings. The fourth-order valence-electron chi connectivity index (χ4n) is 3.16. The maximum Gasteiger partial charge on any atom is 0.119 e. The molecule has 2 aliphatic heterocycles. The molecule has 98 valence electrons. The Kier molecular flexibility index (Phi) is 3.53. The summed E-state index contributed by atoms with van der Waals surface area (Å²) in [7, 11) is 3.98. The standard InChI is InChI=1S/C15H21NOS/c1-16-7-5-11(6-8-16)14-10-18-15-9-12(17-2)3-4-13(14)15/h3-4,9,11,14H,5-8,10H2,1-2H3. The number of hydrogen-bond acceptors (Lipinski definition) is 3. The van der Waals surface area contributed by atoms with Crippen molar-refractivity contribution in [3.63, 3.8) is 0 Å². The molecule has 3 rings (SSSR count). The lowest BCUT2D eigenvalue weighted by molar-refractivity contribution is 0.204. The van der Waals surface area contributed by atoms with Crippen LogP contribution in [0.4, 0.5) is 0 Å². The number of ether oxygens (including phenoxy) is 1. The second kappa shape index (κ2) is 5.14. The van der Waals surface area contributed by atoms with Gasteiger partial charge in [-0.3, -0.25) is 0 Å². The Bertz CT molecular complexity index is 427. The zero-order chi connectivity index (χ0) is 12.5. The summed E-state index contributed by atoms with van der Waals surface area (Å²) in [5, 5.41) is 0. The van der Waals surface area contributed by atoms with Gasteiger partial charge in [-0.15, -0.1) is 11.8 Å². The molecule has 2 aliphatic rings. The molecule has 1 unspecified atom stereocenters. The highest BCUT2D eigenvalue weighted by atomic mass is 32.2. The van der Waals surface area contributed by atoms with Gasteiger partial charge in [-0.05, 0) is 62.5 Å². The highest BCUT2D eigenvalue weighted by Gasteiger charge is 2.32. The van der Waals surface area contributed by atoms with E-state index in [1.165, 1.54) is 36.6 Å². The minimum absolute atomic E-state index is 0.768. The maximum absolute atomic E-state index is 5.31. The molecule has 2 heterocycles. The van der Waals surface area contributed by atoms with Crippen LogP contribution in [0.5, 0.6) is 5.75 Å². The van der Waals surface area contributed by atoms with E-state index in [1.54, 1.807) is 12.7 Å². The first kappa shape index (κ1) is 12.4. The molecule has 2 nitrogen and oxygen atoms in total. The van der Waals surface area contributed by atoms with Gasteiger partial charge in [0, 0.05) is 10.6 Å². The fraction of sp³-hybridized carbons (Fsp3) is 0.600. The number of methoxy groups -OCH3 is 1. The molecule has 1 fully saturated rings. The number of benzene rings is 1. The van der Waals surface area contributed by atoms with Gasteiger partial charge in [-0.2, -0.15) is 0 Å². The van der Waals surface area contributed by atoms with E-state index >= 15 is 0 Å². The molecule has 0 aromatic heterocycles. The Labute approximate surface area is 114 Å². The molecule has 18 heavy (non-hydrogen) atoms. The van der Waals surface area contributed by atoms with Crippen LogP contribution in [-0.2, 0) is 0 Å². The summed E-state index contributed by atoms with van der Waals surface area (Å²) in [5.74, 6) is 3.90. The van der Waals surface area contributed by atoms with E-state index in [9.17, 15) is 0 Å². The molecule has 1 atom stereocenters. The van der Waals surface area contributed by atoms with Crippen LogP contribution in [0.25, 0.3) is 0 Å². The first-order chi connectivity index (χ1) is 8.78. The van der Waals surface area contributed by atoms with Crippen molar-refractivity contribution in [2.45, 2.75) is 23.7 Å². The number of piperidine rings is 1. The van der Waals surface area contributed by atoms with E-state index in [0.29, 0.717) is 0 Å².